The van der Waals surface area contributed by atoms with Gasteiger partial charge in [0.1, 0.15) is 17.3 Å². The fraction of sp³-hybridized carbons (Fsp3) is 0.345. The molecular formula is C29H34N2O2. The van der Waals surface area contributed by atoms with E-state index in [1.807, 2.05) is 12.1 Å². The molecule has 0 aliphatic rings. The molecule has 0 aliphatic carbocycles. The van der Waals surface area contributed by atoms with Gasteiger partial charge in [-0.15, -0.1) is 0 Å². The molecule has 172 valence electrons. The summed E-state index contributed by atoms with van der Waals surface area (Å²) in [6.45, 7) is 8.20. The van der Waals surface area contributed by atoms with Crippen molar-refractivity contribution >= 4 is 11.0 Å². The number of rotatable bonds is 10. The van der Waals surface area contributed by atoms with Crippen molar-refractivity contribution in [2.45, 2.75) is 52.5 Å². The largest absolute Gasteiger partial charge is 0.497 e. The lowest BCUT2D eigenvalue weighted by molar-refractivity contribution is 0.299. The standard InChI is InChI=1S/C29H34N2O2/c1-21(2)25-16-11-22(3)19-28(25)33-18-8-7-17-31-27-10-6-5-9-26(27)30-29(31)20-23-12-14-24(32-4)15-13-23/h5-6,9-16,19,21H,7-8,17-18,20H2,1-4H3. The SMILES string of the molecule is COc1ccc(Cc2nc3ccccc3n2CCCCOc2cc(C)ccc2C(C)C)cc1. The van der Waals surface area contributed by atoms with Crippen molar-refractivity contribution in [1.82, 2.24) is 9.55 Å². The third kappa shape index (κ3) is 5.57. The molecule has 0 saturated heterocycles. The molecule has 1 aromatic heterocycles. The number of fused-ring (bicyclic) bond motifs is 1. The first-order valence-corrected chi connectivity index (χ1v) is 11.9. The zero-order chi connectivity index (χ0) is 23.2. The Hall–Kier alpha value is -3.27. The topological polar surface area (TPSA) is 36.3 Å². The molecule has 1 heterocycles. The van der Waals surface area contributed by atoms with Crippen LogP contribution in [-0.2, 0) is 13.0 Å². The van der Waals surface area contributed by atoms with Gasteiger partial charge in [0.15, 0.2) is 0 Å². The van der Waals surface area contributed by atoms with Crippen LogP contribution in [0, 0.1) is 6.92 Å². The van der Waals surface area contributed by atoms with Crippen LogP contribution >= 0.6 is 0 Å². The number of methoxy groups -OCH3 is 1. The number of benzene rings is 3. The van der Waals surface area contributed by atoms with Crippen LogP contribution in [0.4, 0.5) is 0 Å². The Bertz CT molecular complexity index is 1190. The molecule has 4 heteroatoms. The number of hydrogen-bond acceptors (Lipinski definition) is 3. The van der Waals surface area contributed by atoms with Crippen molar-refractivity contribution in [3.63, 3.8) is 0 Å². The summed E-state index contributed by atoms with van der Waals surface area (Å²) in [5.41, 5.74) is 6.00. The van der Waals surface area contributed by atoms with Crippen LogP contribution in [0.15, 0.2) is 66.7 Å². The highest BCUT2D eigenvalue weighted by molar-refractivity contribution is 5.76. The van der Waals surface area contributed by atoms with Crippen molar-refractivity contribution in [2.24, 2.45) is 0 Å². The van der Waals surface area contributed by atoms with Crippen LogP contribution in [0.1, 0.15) is 55.1 Å². The van der Waals surface area contributed by atoms with Crippen molar-refractivity contribution in [1.29, 1.82) is 0 Å². The number of ether oxygens (including phenoxy) is 2. The van der Waals surface area contributed by atoms with Gasteiger partial charge in [0.05, 0.1) is 24.8 Å². The highest BCUT2D eigenvalue weighted by Gasteiger charge is 2.12. The first kappa shape index (κ1) is 22.9. The van der Waals surface area contributed by atoms with Crippen LogP contribution in [0.2, 0.25) is 0 Å². The molecule has 0 N–H and O–H groups in total. The predicted octanol–water partition coefficient (Wildman–Crippen LogP) is 6.93. The van der Waals surface area contributed by atoms with E-state index in [4.69, 9.17) is 14.5 Å². The van der Waals surface area contributed by atoms with Gasteiger partial charge >= 0.3 is 0 Å². The maximum atomic E-state index is 6.20. The first-order valence-electron chi connectivity index (χ1n) is 11.9. The van der Waals surface area contributed by atoms with Gasteiger partial charge in [-0.25, -0.2) is 4.98 Å². The van der Waals surface area contributed by atoms with Gasteiger partial charge in [0, 0.05) is 13.0 Å². The molecule has 4 nitrogen and oxygen atoms in total. The highest BCUT2D eigenvalue weighted by atomic mass is 16.5. The van der Waals surface area contributed by atoms with Crippen molar-refractivity contribution in [3.05, 3.63) is 89.2 Å². The molecule has 0 aliphatic heterocycles. The molecular weight excluding hydrogens is 408 g/mol. The Morgan fingerprint density at radius 1 is 0.939 bits per heavy atom. The zero-order valence-electron chi connectivity index (χ0n) is 20.2. The number of nitrogens with zero attached hydrogens (tertiary/aromatic N) is 2. The minimum atomic E-state index is 0.457. The molecule has 0 bridgehead atoms. The molecule has 0 unspecified atom stereocenters. The molecule has 0 spiro atoms. The van der Waals surface area contributed by atoms with Crippen molar-refractivity contribution in [3.8, 4) is 11.5 Å². The van der Waals surface area contributed by atoms with Gasteiger partial charge < -0.3 is 14.0 Å². The fourth-order valence-electron chi connectivity index (χ4n) is 4.23. The fourth-order valence-corrected chi connectivity index (χ4v) is 4.23. The van der Waals surface area contributed by atoms with E-state index in [0.717, 1.165) is 55.3 Å². The van der Waals surface area contributed by atoms with Crippen LogP contribution in [-0.4, -0.2) is 23.3 Å². The molecule has 4 aromatic rings. The van der Waals surface area contributed by atoms with E-state index in [0.29, 0.717) is 5.92 Å². The summed E-state index contributed by atoms with van der Waals surface area (Å²) in [6, 6.07) is 23.2. The van der Waals surface area contributed by atoms with Gasteiger partial charge in [-0.2, -0.15) is 0 Å². The number of aromatic nitrogens is 2. The van der Waals surface area contributed by atoms with Gasteiger partial charge in [-0.1, -0.05) is 50.2 Å². The average molecular weight is 443 g/mol. The maximum Gasteiger partial charge on any atom is 0.122 e. The Balaban J connectivity index is 1.42. The second-order valence-corrected chi connectivity index (χ2v) is 8.94. The van der Waals surface area contributed by atoms with Gasteiger partial charge in [0.2, 0.25) is 0 Å². The van der Waals surface area contributed by atoms with E-state index in [9.17, 15) is 0 Å². The Morgan fingerprint density at radius 2 is 1.73 bits per heavy atom. The number of hydrogen-bond donors (Lipinski definition) is 0. The summed E-state index contributed by atoms with van der Waals surface area (Å²) in [6.07, 6.45) is 2.84. The zero-order valence-corrected chi connectivity index (χ0v) is 20.2. The van der Waals surface area contributed by atoms with Crippen LogP contribution in [0.25, 0.3) is 11.0 Å². The molecule has 0 fully saturated rings. The Labute approximate surface area is 197 Å². The number of aryl methyl sites for hydroxylation is 2. The number of unbranched alkanes of at least 4 members (excludes halogenated alkanes) is 1. The molecule has 0 amide bonds. The van der Waals surface area contributed by atoms with Crippen LogP contribution in [0.5, 0.6) is 11.5 Å². The monoisotopic (exact) mass is 442 g/mol. The lowest BCUT2D eigenvalue weighted by Crippen LogP contribution is -2.07. The van der Waals surface area contributed by atoms with E-state index < -0.39 is 0 Å². The number of imidazole rings is 1. The smallest absolute Gasteiger partial charge is 0.122 e. The predicted molar refractivity (Wildman–Crippen MR) is 136 cm³/mol. The third-order valence-electron chi connectivity index (χ3n) is 6.08. The van der Waals surface area contributed by atoms with E-state index in [1.54, 1.807) is 7.11 Å². The average Bonchev–Trinajstić information content (AvgIpc) is 3.16. The molecule has 0 radical (unpaired) electrons. The normalized spacial score (nSPS) is 11.3. The van der Waals surface area contributed by atoms with E-state index in [2.05, 4.69) is 79.9 Å². The summed E-state index contributed by atoms with van der Waals surface area (Å²) in [5.74, 6) is 3.46. The van der Waals surface area contributed by atoms with Gasteiger partial charge in [-0.3, -0.25) is 0 Å². The van der Waals surface area contributed by atoms with Crippen LogP contribution in [0.3, 0.4) is 0 Å². The lowest BCUT2D eigenvalue weighted by atomic mass is 10.0. The summed E-state index contributed by atoms with van der Waals surface area (Å²) in [4.78, 5) is 4.94. The van der Waals surface area contributed by atoms with E-state index in [1.165, 1.54) is 22.2 Å². The second-order valence-electron chi connectivity index (χ2n) is 8.94. The highest BCUT2D eigenvalue weighted by Crippen LogP contribution is 2.28. The summed E-state index contributed by atoms with van der Waals surface area (Å²) >= 11 is 0. The quantitative estimate of drug-likeness (QED) is 0.250. The first-order chi connectivity index (χ1) is 16.0. The second kappa shape index (κ2) is 10.6. The maximum absolute atomic E-state index is 6.20. The van der Waals surface area contributed by atoms with Gasteiger partial charge in [-0.05, 0) is 72.7 Å². The summed E-state index contributed by atoms with van der Waals surface area (Å²) < 4.78 is 13.9. The van der Waals surface area contributed by atoms with Crippen LogP contribution < -0.4 is 9.47 Å². The Kier molecular flexibility index (Phi) is 7.33. The van der Waals surface area contributed by atoms with Crippen molar-refractivity contribution in [2.75, 3.05) is 13.7 Å². The van der Waals surface area contributed by atoms with E-state index >= 15 is 0 Å². The third-order valence-corrected chi connectivity index (χ3v) is 6.08. The molecule has 4 rings (SSSR count). The van der Waals surface area contributed by atoms with Crippen molar-refractivity contribution < 1.29 is 9.47 Å². The Morgan fingerprint density at radius 3 is 2.48 bits per heavy atom. The van der Waals surface area contributed by atoms with Gasteiger partial charge in [0.25, 0.3) is 0 Å². The van der Waals surface area contributed by atoms with E-state index in [-0.39, 0.29) is 0 Å². The molecule has 33 heavy (non-hydrogen) atoms. The summed E-state index contributed by atoms with van der Waals surface area (Å²) in [7, 11) is 1.70. The molecule has 0 atom stereocenters. The lowest BCUT2D eigenvalue weighted by Gasteiger charge is -2.15. The minimum absolute atomic E-state index is 0.457. The molecule has 0 saturated carbocycles. The number of para-hydroxylation sites is 2. The molecule has 3 aromatic carbocycles. The summed E-state index contributed by atoms with van der Waals surface area (Å²) in [5, 5.41) is 0. The minimum Gasteiger partial charge on any atom is -0.497 e.